The number of carbonyl (C=O) groups is 2. The van der Waals surface area contributed by atoms with Crippen LogP contribution in [-0.2, 0) is 9.53 Å². The number of anilines is 2. The maximum Gasteiger partial charge on any atom is 0.230 e. The molecule has 1 aliphatic heterocycles. The van der Waals surface area contributed by atoms with Crippen molar-refractivity contribution in [1.29, 1.82) is 0 Å². The van der Waals surface area contributed by atoms with Gasteiger partial charge in [-0.05, 0) is 12.1 Å². The highest BCUT2D eigenvalue weighted by atomic mass is 35.5. The van der Waals surface area contributed by atoms with E-state index in [0.29, 0.717) is 37.0 Å². The Morgan fingerprint density at radius 1 is 1.21 bits per heavy atom. The molecule has 5 nitrogen and oxygen atoms in total. The van der Waals surface area contributed by atoms with Crippen LogP contribution in [0.2, 0.25) is 5.02 Å². The van der Waals surface area contributed by atoms with Gasteiger partial charge in [-0.25, -0.2) is 0 Å². The monoisotopic (exact) mass is 356 g/mol. The molecule has 1 fully saturated rings. The number of hydrogen-bond acceptors (Lipinski definition) is 5. The summed E-state index contributed by atoms with van der Waals surface area (Å²) in [4.78, 5) is 25.0. The first kappa shape index (κ1) is 22.4. The number of nitrogens with zero attached hydrogens (tertiary/aromatic N) is 1. The topological polar surface area (TPSA) is 72.6 Å². The van der Waals surface area contributed by atoms with Crippen molar-refractivity contribution >= 4 is 34.5 Å². The van der Waals surface area contributed by atoms with Crippen LogP contribution in [0.15, 0.2) is 12.1 Å². The van der Waals surface area contributed by atoms with Gasteiger partial charge >= 0.3 is 0 Å². The third kappa shape index (κ3) is 6.49. The first-order chi connectivity index (χ1) is 11.4. The predicted molar refractivity (Wildman–Crippen MR) is 101 cm³/mol. The molecule has 1 saturated heterocycles. The molecule has 0 bridgehead atoms. The van der Waals surface area contributed by atoms with E-state index in [1.807, 2.05) is 18.7 Å². The Balaban J connectivity index is 0.000000952. The SMILES string of the molecule is CC.CC(=O)C(=O)c1cc(N2CCOCC2)c(Cl)cc1N.CCC. The Labute approximate surface area is 150 Å². The van der Waals surface area contributed by atoms with Gasteiger partial charge < -0.3 is 15.4 Å². The smallest absolute Gasteiger partial charge is 0.230 e. The van der Waals surface area contributed by atoms with Gasteiger partial charge in [-0.15, -0.1) is 0 Å². The second-order valence-corrected chi connectivity index (χ2v) is 5.49. The van der Waals surface area contributed by atoms with E-state index in [2.05, 4.69) is 13.8 Å². The van der Waals surface area contributed by atoms with E-state index >= 15 is 0 Å². The molecule has 2 rings (SSSR count). The molecule has 0 aromatic heterocycles. The lowest BCUT2D eigenvalue weighted by Gasteiger charge is -2.30. The fourth-order valence-electron chi connectivity index (χ4n) is 2.01. The van der Waals surface area contributed by atoms with Gasteiger partial charge in [-0.2, -0.15) is 0 Å². The van der Waals surface area contributed by atoms with Crippen LogP contribution in [0, 0.1) is 0 Å². The standard InChI is InChI=1S/C13H15ClN2O3.C3H8.C2H6/c1-8(17)13(18)9-6-12(10(14)7-11(9)15)16-2-4-19-5-3-16;1-3-2;1-2/h6-7H,2-5,15H2,1H3;3H2,1-2H3;1-2H3. The molecule has 0 atom stereocenters. The number of ether oxygens (including phenoxy) is 1. The Morgan fingerprint density at radius 2 is 1.71 bits per heavy atom. The number of carbonyl (C=O) groups excluding carboxylic acids is 2. The zero-order valence-corrected chi connectivity index (χ0v) is 16.1. The van der Waals surface area contributed by atoms with Gasteiger partial charge in [0, 0.05) is 25.7 Å². The largest absolute Gasteiger partial charge is 0.398 e. The minimum Gasteiger partial charge on any atom is -0.398 e. The number of ketones is 2. The number of Topliss-reactive ketones (excluding diaryl/α,β-unsaturated/α-hetero) is 2. The normalized spacial score (nSPS) is 13.2. The van der Waals surface area contributed by atoms with Gasteiger partial charge in [-0.3, -0.25) is 9.59 Å². The molecule has 0 aliphatic carbocycles. The summed E-state index contributed by atoms with van der Waals surface area (Å²) in [7, 11) is 0. The van der Waals surface area contributed by atoms with Crippen LogP contribution in [0.4, 0.5) is 11.4 Å². The summed E-state index contributed by atoms with van der Waals surface area (Å²) in [6.45, 7) is 12.1. The number of benzene rings is 1. The van der Waals surface area contributed by atoms with Crippen LogP contribution in [0.3, 0.4) is 0 Å². The molecule has 0 unspecified atom stereocenters. The van der Waals surface area contributed by atoms with Crippen molar-refractivity contribution in [1.82, 2.24) is 0 Å². The van der Waals surface area contributed by atoms with E-state index < -0.39 is 11.6 Å². The molecular weight excluding hydrogens is 328 g/mol. The minimum atomic E-state index is -0.594. The second kappa shape index (κ2) is 11.9. The number of nitrogen functional groups attached to an aromatic ring is 1. The number of morpholine rings is 1. The molecule has 0 spiro atoms. The first-order valence-corrected chi connectivity index (χ1v) is 8.77. The number of nitrogens with two attached hydrogens (primary N) is 1. The zero-order chi connectivity index (χ0) is 18.7. The Bertz CT molecular complexity index is 541. The number of rotatable bonds is 3. The molecule has 1 aromatic carbocycles. The molecule has 1 heterocycles. The maximum atomic E-state index is 11.8. The van der Waals surface area contributed by atoms with Crippen LogP contribution < -0.4 is 10.6 Å². The molecule has 2 N–H and O–H groups in total. The van der Waals surface area contributed by atoms with Gasteiger partial charge in [0.05, 0.1) is 29.5 Å². The quantitative estimate of drug-likeness (QED) is 0.504. The van der Waals surface area contributed by atoms with Gasteiger partial charge in [0.25, 0.3) is 0 Å². The van der Waals surface area contributed by atoms with Crippen LogP contribution in [0.1, 0.15) is 51.4 Å². The van der Waals surface area contributed by atoms with Crippen molar-refractivity contribution < 1.29 is 14.3 Å². The predicted octanol–water partition coefficient (Wildman–Crippen LogP) is 3.97. The summed E-state index contributed by atoms with van der Waals surface area (Å²) in [5.41, 5.74) is 6.90. The van der Waals surface area contributed by atoms with E-state index in [0.717, 1.165) is 0 Å². The van der Waals surface area contributed by atoms with Crippen molar-refractivity contribution in [3.63, 3.8) is 0 Å². The Morgan fingerprint density at radius 3 is 2.17 bits per heavy atom. The molecule has 0 radical (unpaired) electrons. The lowest BCUT2D eigenvalue weighted by molar-refractivity contribution is -0.113. The van der Waals surface area contributed by atoms with Crippen molar-refractivity contribution in [3.05, 3.63) is 22.7 Å². The lowest BCUT2D eigenvalue weighted by atomic mass is 10.0. The Hall–Kier alpha value is -1.59. The first-order valence-electron chi connectivity index (χ1n) is 8.39. The number of hydrogen-bond donors (Lipinski definition) is 1. The summed E-state index contributed by atoms with van der Waals surface area (Å²) in [6.07, 6.45) is 1.25. The summed E-state index contributed by atoms with van der Waals surface area (Å²) in [6, 6.07) is 3.11. The van der Waals surface area contributed by atoms with E-state index in [1.54, 1.807) is 6.07 Å². The van der Waals surface area contributed by atoms with Crippen LogP contribution in [0.25, 0.3) is 0 Å². The van der Waals surface area contributed by atoms with Gasteiger partial charge in [0.15, 0.2) is 5.78 Å². The van der Waals surface area contributed by atoms with Crippen LogP contribution in [-0.4, -0.2) is 37.9 Å². The molecule has 0 saturated carbocycles. The fourth-order valence-corrected chi connectivity index (χ4v) is 2.30. The second-order valence-electron chi connectivity index (χ2n) is 5.08. The van der Waals surface area contributed by atoms with Crippen LogP contribution in [0.5, 0.6) is 0 Å². The van der Waals surface area contributed by atoms with E-state index in [1.165, 1.54) is 19.4 Å². The van der Waals surface area contributed by atoms with E-state index in [-0.39, 0.29) is 11.3 Å². The third-order valence-electron chi connectivity index (χ3n) is 3.04. The molecule has 0 amide bonds. The molecule has 1 aliphatic rings. The van der Waals surface area contributed by atoms with Gasteiger partial charge in [0.2, 0.25) is 5.78 Å². The van der Waals surface area contributed by atoms with Crippen molar-refractivity contribution in [2.45, 2.75) is 41.0 Å². The summed E-state index contributed by atoms with van der Waals surface area (Å²) in [5.74, 6) is -1.13. The van der Waals surface area contributed by atoms with E-state index in [4.69, 9.17) is 22.1 Å². The summed E-state index contributed by atoms with van der Waals surface area (Å²) in [5, 5.41) is 0.472. The lowest BCUT2D eigenvalue weighted by Crippen LogP contribution is -2.36. The highest BCUT2D eigenvalue weighted by molar-refractivity contribution is 6.44. The van der Waals surface area contributed by atoms with Crippen LogP contribution >= 0.6 is 11.6 Å². The fraction of sp³-hybridized carbons (Fsp3) is 0.556. The molecular formula is C18H29ClN2O3. The Kier molecular flexibility index (Phi) is 11.1. The third-order valence-corrected chi connectivity index (χ3v) is 3.34. The average molecular weight is 357 g/mol. The highest BCUT2D eigenvalue weighted by Crippen LogP contribution is 2.31. The minimum absolute atomic E-state index is 0.207. The highest BCUT2D eigenvalue weighted by Gasteiger charge is 2.20. The zero-order valence-electron chi connectivity index (χ0n) is 15.3. The van der Waals surface area contributed by atoms with Gasteiger partial charge in [0.1, 0.15) is 0 Å². The molecule has 6 heteroatoms. The molecule has 1 aromatic rings. The maximum absolute atomic E-state index is 11.8. The number of halogens is 1. The molecule has 136 valence electrons. The van der Waals surface area contributed by atoms with E-state index in [9.17, 15) is 9.59 Å². The van der Waals surface area contributed by atoms with Crippen molar-refractivity contribution in [3.8, 4) is 0 Å². The average Bonchev–Trinajstić information content (AvgIpc) is 2.57. The summed E-state index contributed by atoms with van der Waals surface area (Å²) >= 11 is 6.16. The summed E-state index contributed by atoms with van der Waals surface area (Å²) < 4.78 is 5.27. The molecule has 24 heavy (non-hydrogen) atoms. The van der Waals surface area contributed by atoms with Crippen molar-refractivity contribution in [2.24, 2.45) is 0 Å². The van der Waals surface area contributed by atoms with Gasteiger partial charge in [-0.1, -0.05) is 45.7 Å². The van der Waals surface area contributed by atoms with Crippen molar-refractivity contribution in [2.75, 3.05) is 36.9 Å².